The van der Waals surface area contributed by atoms with E-state index in [2.05, 4.69) is 51.7 Å². The van der Waals surface area contributed by atoms with Crippen LogP contribution in [0.3, 0.4) is 0 Å². The standard InChI is InChI=1S/C23H25N7S/c1-14-12-30-13-16(9-19(24-3)22(30)26-14)18-10-21-20(11-25-18)27-23(31-21)29(5)17-6-7-28(4)15(2)8-17/h9-13,15,17H,6-8H2,1-2,4-5H3. The van der Waals surface area contributed by atoms with Crippen molar-refractivity contribution < 1.29 is 0 Å². The topological polar surface area (TPSA) is 53.9 Å². The van der Waals surface area contributed by atoms with Gasteiger partial charge >= 0.3 is 0 Å². The van der Waals surface area contributed by atoms with Crippen LogP contribution >= 0.6 is 11.3 Å². The van der Waals surface area contributed by atoms with E-state index in [4.69, 9.17) is 11.6 Å². The Hall–Kier alpha value is -3.02. The monoisotopic (exact) mass is 431 g/mol. The molecule has 4 aromatic rings. The van der Waals surface area contributed by atoms with Crippen LogP contribution in [0.2, 0.25) is 0 Å². The number of hydrogen-bond donors (Lipinski definition) is 0. The quantitative estimate of drug-likeness (QED) is 0.437. The third kappa shape index (κ3) is 3.54. The molecule has 2 unspecified atom stereocenters. The first kappa shape index (κ1) is 19.9. The van der Waals surface area contributed by atoms with E-state index in [0.29, 0.717) is 23.4 Å². The fourth-order valence-electron chi connectivity index (χ4n) is 4.33. The van der Waals surface area contributed by atoms with Gasteiger partial charge < -0.3 is 14.2 Å². The number of likely N-dealkylation sites (tertiary alicyclic amines) is 1. The van der Waals surface area contributed by atoms with Gasteiger partial charge in [0.05, 0.1) is 28.9 Å². The summed E-state index contributed by atoms with van der Waals surface area (Å²) in [6.07, 6.45) is 8.08. The first-order valence-electron chi connectivity index (χ1n) is 10.5. The molecule has 0 aromatic carbocycles. The molecular formula is C23H25N7S. The van der Waals surface area contributed by atoms with Crippen molar-refractivity contribution in [1.82, 2.24) is 24.3 Å². The van der Waals surface area contributed by atoms with Gasteiger partial charge in [-0.05, 0) is 45.9 Å². The molecule has 8 heteroatoms. The minimum absolute atomic E-state index is 0.507. The highest BCUT2D eigenvalue weighted by atomic mass is 32.1. The van der Waals surface area contributed by atoms with Crippen molar-refractivity contribution in [3.63, 3.8) is 0 Å². The normalized spacial score (nSPS) is 19.7. The van der Waals surface area contributed by atoms with Gasteiger partial charge in [0.15, 0.2) is 5.13 Å². The van der Waals surface area contributed by atoms with Crippen molar-refractivity contribution in [2.75, 3.05) is 25.5 Å². The number of aromatic nitrogens is 4. The molecule has 1 fully saturated rings. The number of piperidine rings is 1. The van der Waals surface area contributed by atoms with Crippen LogP contribution in [-0.4, -0.2) is 57.0 Å². The third-order valence-corrected chi connectivity index (χ3v) is 7.47. The zero-order valence-electron chi connectivity index (χ0n) is 18.2. The molecule has 0 spiro atoms. The number of fused-ring (bicyclic) bond motifs is 2. The van der Waals surface area contributed by atoms with E-state index >= 15 is 0 Å². The maximum absolute atomic E-state index is 7.53. The maximum atomic E-state index is 7.53. The minimum Gasteiger partial charge on any atom is -0.348 e. The molecule has 0 saturated carbocycles. The van der Waals surface area contributed by atoms with Gasteiger partial charge in [0, 0.05) is 43.6 Å². The first-order chi connectivity index (χ1) is 14.9. The number of nitrogens with zero attached hydrogens (tertiary/aromatic N) is 7. The average Bonchev–Trinajstić information content (AvgIpc) is 3.36. The molecule has 0 N–H and O–H groups in total. The summed E-state index contributed by atoms with van der Waals surface area (Å²) < 4.78 is 3.02. The highest BCUT2D eigenvalue weighted by molar-refractivity contribution is 7.22. The highest BCUT2D eigenvalue weighted by Crippen LogP contribution is 2.34. The van der Waals surface area contributed by atoms with E-state index in [-0.39, 0.29) is 0 Å². The van der Waals surface area contributed by atoms with E-state index in [9.17, 15) is 0 Å². The number of anilines is 1. The van der Waals surface area contributed by atoms with E-state index < -0.39 is 0 Å². The SMILES string of the molecule is [C-]#[N+]c1cc(-c2cc3sc(N(C)C4CCN(C)C(C)C4)nc3cn2)cn2cc(C)nc12. The number of pyridine rings is 2. The van der Waals surface area contributed by atoms with Crippen LogP contribution < -0.4 is 4.90 Å². The highest BCUT2D eigenvalue weighted by Gasteiger charge is 2.27. The molecule has 1 saturated heterocycles. The lowest BCUT2D eigenvalue weighted by Gasteiger charge is -2.39. The van der Waals surface area contributed by atoms with E-state index in [1.165, 1.54) is 0 Å². The van der Waals surface area contributed by atoms with E-state index in [1.807, 2.05) is 36.0 Å². The van der Waals surface area contributed by atoms with Crippen molar-refractivity contribution in [2.24, 2.45) is 0 Å². The number of hydrogen-bond acceptors (Lipinski definition) is 6. The van der Waals surface area contributed by atoms with Gasteiger partial charge in [0.1, 0.15) is 11.2 Å². The van der Waals surface area contributed by atoms with Gasteiger partial charge in [-0.3, -0.25) is 4.98 Å². The summed E-state index contributed by atoms with van der Waals surface area (Å²) in [6, 6.07) is 5.05. The molecular weight excluding hydrogens is 406 g/mol. The van der Waals surface area contributed by atoms with Crippen LogP contribution in [0.1, 0.15) is 25.5 Å². The summed E-state index contributed by atoms with van der Waals surface area (Å²) in [5.41, 5.74) is 4.78. The lowest BCUT2D eigenvalue weighted by molar-refractivity contribution is 0.181. The largest absolute Gasteiger partial charge is 0.348 e. The second-order valence-electron chi connectivity index (χ2n) is 8.49. The fraction of sp³-hybridized carbons (Fsp3) is 0.391. The third-order valence-electron chi connectivity index (χ3n) is 6.36. The van der Waals surface area contributed by atoms with Crippen LogP contribution in [0, 0.1) is 13.5 Å². The van der Waals surface area contributed by atoms with Gasteiger partial charge in [0.2, 0.25) is 5.69 Å². The second kappa shape index (κ2) is 7.59. The lowest BCUT2D eigenvalue weighted by Crippen LogP contribution is -2.46. The van der Waals surface area contributed by atoms with Gasteiger partial charge in [0.25, 0.3) is 0 Å². The minimum atomic E-state index is 0.507. The van der Waals surface area contributed by atoms with Gasteiger partial charge in [-0.1, -0.05) is 11.3 Å². The molecule has 7 nitrogen and oxygen atoms in total. The van der Waals surface area contributed by atoms with Crippen molar-refractivity contribution >= 4 is 38.0 Å². The number of imidazole rings is 1. The summed E-state index contributed by atoms with van der Waals surface area (Å²) in [4.78, 5) is 22.4. The van der Waals surface area contributed by atoms with Gasteiger partial charge in [-0.15, -0.1) is 0 Å². The Balaban J connectivity index is 1.49. The average molecular weight is 432 g/mol. The van der Waals surface area contributed by atoms with E-state index in [0.717, 1.165) is 51.7 Å². The predicted molar refractivity (Wildman–Crippen MR) is 126 cm³/mol. The van der Waals surface area contributed by atoms with Crippen LogP contribution in [0.15, 0.2) is 30.7 Å². The molecule has 0 aliphatic carbocycles. The molecule has 2 atom stereocenters. The number of rotatable bonds is 3. The molecule has 5 heterocycles. The summed E-state index contributed by atoms with van der Waals surface area (Å²) in [7, 11) is 4.36. The molecule has 4 aromatic heterocycles. The van der Waals surface area contributed by atoms with Crippen molar-refractivity contribution in [2.45, 2.75) is 38.8 Å². The van der Waals surface area contributed by atoms with Crippen molar-refractivity contribution in [3.8, 4) is 11.3 Å². The Morgan fingerprint density at radius 2 is 2.10 bits per heavy atom. The molecule has 158 valence electrons. The zero-order chi connectivity index (χ0) is 21.7. The van der Waals surface area contributed by atoms with Gasteiger partial charge in [-0.2, -0.15) is 0 Å². The molecule has 1 aliphatic heterocycles. The maximum Gasteiger partial charge on any atom is 0.229 e. The molecule has 1 aliphatic rings. The molecule has 0 amide bonds. The van der Waals surface area contributed by atoms with E-state index in [1.54, 1.807) is 11.3 Å². The smallest absolute Gasteiger partial charge is 0.229 e. The summed E-state index contributed by atoms with van der Waals surface area (Å²) in [6.45, 7) is 12.9. The van der Waals surface area contributed by atoms with Gasteiger partial charge in [-0.25, -0.2) is 14.8 Å². The number of aryl methyl sites for hydroxylation is 1. The summed E-state index contributed by atoms with van der Waals surface area (Å²) in [5.74, 6) is 0. The Morgan fingerprint density at radius 1 is 1.26 bits per heavy atom. The Labute approximate surface area is 185 Å². The lowest BCUT2D eigenvalue weighted by atomic mass is 9.98. The number of thiazole rings is 1. The summed E-state index contributed by atoms with van der Waals surface area (Å²) >= 11 is 1.71. The van der Waals surface area contributed by atoms with Crippen LogP contribution in [0.5, 0.6) is 0 Å². The molecule has 31 heavy (non-hydrogen) atoms. The molecule has 0 radical (unpaired) electrons. The van der Waals surface area contributed by atoms with Crippen LogP contribution in [0.4, 0.5) is 10.8 Å². The zero-order valence-corrected chi connectivity index (χ0v) is 19.0. The first-order valence-corrected chi connectivity index (χ1v) is 11.3. The van der Waals surface area contributed by atoms with Crippen LogP contribution in [0.25, 0.3) is 32.0 Å². The fourth-order valence-corrected chi connectivity index (χ4v) is 5.33. The Bertz CT molecular complexity index is 1310. The Morgan fingerprint density at radius 3 is 2.87 bits per heavy atom. The summed E-state index contributed by atoms with van der Waals surface area (Å²) in [5, 5.41) is 1.04. The Kier molecular flexibility index (Phi) is 4.88. The molecule has 0 bridgehead atoms. The second-order valence-corrected chi connectivity index (χ2v) is 9.50. The van der Waals surface area contributed by atoms with Crippen molar-refractivity contribution in [1.29, 1.82) is 0 Å². The predicted octanol–water partition coefficient (Wildman–Crippen LogP) is 4.78. The molecule has 5 rings (SSSR count). The van der Waals surface area contributed by atoms with Crippen molar-refractivity contribution in [3.05, 3.63) is 47.8 Å². The van der Waals surface area contributed by atoms with Crippen LogP contribution in [-0.2, 0) is 0 Å².